The normalized spacial score (nSPS) is 21.3. The van der Waals surface area contributed by atoms with E-state index in [-0.39, 0.29) is 36.8 Å². The monoisotopic (exact) mass is 315 g/mol. The molecular formula is C12H27Cl2N3O2. The van der Waals surface area contributed by atoms with Gasteiger partial charge in [0.05, 0.1) is 12.6 Å². The molecule has 5 nitrogen and oxygen atoms in total. The molecule has 1 aliphatic rings. The van der Waals surface area contributed by atoms with Gasteiger partial charge in [-0.1, -0.05) is 6.92 Å². The smallest absolute Gasteiger partial charge is 0.236 e. The van der Waals surface area contributed by atoms with Crippen molar-refractivity contribution in [2.24, 2.45) is 0 Å². The number of hydrogen-bond acceptors (Lipinski definition) is 4. The zero-order chi connectivity index (χ0) is 12.8. The number of carbonyl (C=O) groups excluding carboxylic acids is 1. The quantitative estimate of drug-likeness (QED) is 0.769. The molecule has 1 saturated heterocycles. The Hall–Kier alpha value is -0.0700. The Bertz CT molecular complexity index is 255. The minimum absolute atomic E-state index is 0. The summed E-state index contributed by atoms with van der Waals surface area (Å²) in [6.07, 6.45) is 0.708. The second-order valence-electron chi connectivity index (χ2n) is 4.78. The van der Waals surface area contributed by atoms with Gasteiger partial charge in [0.2, 0.25) is 5.91 Å². The van der Waals surface area contributed by atoms with Gasteiger partial charge in [-0.3, -0.25) is 9.69 Å². The summed E-state index contributed by atoms with van der Waals surface area (Å²) in [6, 6.07) is 0.374. The van der Waals surface area contributed by atoms with Crippen LogP contribution in [0.4, 0.5) is 0 Å². The van der Waals surface area contributed by atoms with Crippen molar-refractivity contribution < 1.29 is 9.90 Å². The maximum absolute atomic E-state index is 11.8. The average molecular weight is 316 g/mol. The van der Waals surface area contributed by atoms with Gasteiger partial charge in [-0.25, -0.2) is 0 Å². The van der Waals surface area contributed by atoms with Gasteiger partial charge in [0.25, 0.3) is 0 Å². The summed E-state index contributed by atoms with van der Waals surface area (Å²) in [5.41, 5.74) is 0. The predicted molar refractivity (Wildman–Crippen MR) is 82.3 cm³/mol. The van der Waals surface area contributed by atoms with Gasteiger partial charge in [-0.05, 0) is 20.4 Å². The molecule has 0 aliphatic carbocycles. The van der Waals surface area contributed by atoms with Crippen molar-refractivity contribution in [3.05, 3.63) is 0 Å². The first-order valence-electron chi connectivity index (χ1n) is 6.43. The molecule has 0 aromatic carbocycles. The Balaban J connectivity index is 0. The van der Waals surface area contributed by atoms with Crippen molar-refractivity contribution in [1.82, 2.24) is 15.1 Å². The van der Waals surface area contributed by atoms with Crippen LogP contribution in [0, 0.1) is 0 Å². The number of halogens is 2. The number of hydrogen-bond donors (Lipinski definition) is 2. The van der Waals surface area contributed by atoms with E-state index >= 15 is 0 Å². The summed E-state index contributed by atoms with van der Waals surface area (Å²) in [6.45, 7) is 7.46. The van der Waals surface area contributed by atoms with Crippen molar-refractivity contribution in [1.29, 1.82) is 0 Å². The van der Waals surface area contributed by atoms with Crippen LogP contribution in [-0.4, -0.2) is 72.7 Å². The van der Waals surface area contributed by atoms with Crippen LogP contribution in [0.25, 0.3) is 0 Å². The zero-order valence-corrected chi connectivity index (χ0v) is 13.6. The standard InChI is InChI=1S/C12H25N3O2.2ClH/c1-4-11-9-15(12(17)7-13-3)6-5-14(11)8-10(2)16;;/h10-11,13,16H,4-9H2,1-3H3;2*1H. The molecular weight excluding hydrogens is 289 g/mol. The number of amides is 1. The Morgan fingerprint density at radius 2 is 2.05 bits per heavy atom. The number of nitrogens with zero attached hydrogens (tertiary/aromatic N) is 2. The lowest BCUT2D eigenvalue weighted by molar-refractivity contribution is -0.133. The summed E-state index contributed by atoms with van der Waals surface area (Å²) in [7, 11) is 1.79. The average Bonchev–Trinajstić information content (AvgIpc) is 2.29. The van der Waals surface area contributed by atoms with Gasteiger partial charge in [-0.2, -0.15) is 0 Å². The van der Waals surface area contributed by atoms with Gasteiger partial charge in [0.1, 0.15) is 0 Å². The molecule has 1 heterocycles. The van der Waals surface area contributed by atoms with Crippen molar-refractivity contribution in [2.75, 3.05) is 39.8 Å². The Morgan fingerprint density at radius 1 is 1.42 bits per heavy atom. The third kappa shape index (κ3) is 6.77. The molecule has 116 valence electrons. The summed E-state index contributed by atoms with van der Waals surface area (Å²) >= 11 is 0. The van der Waals surface area contributed by atoms with Crippen LogP contribution in [0.15, 0.2) is 0 Å². The molecule has 7 heteroatoms. The molecule has 1 amide bonds. The zero-order valence-electron chi connectivity index (χ0n) is 12.0. The molecule has 2 N–H and O–H groups in total. The van der Waals surface area contributed by atoms with Crippen molar-refractivity contribution in [3.63, 3.8) is 0 Å². The number of piperazine rings is 1. The van der Waals surface area contributed by atoms with E-state index in [1.807, 2.05) is 11.8 Å². The van der Waals surface area contributed by atoms with Gasteiger partial charge < -0.3 is 15.3 Å². The summed E-state index contributed by atoms with van der Waals surface area (Å²) in [4.78, 5) is 16.0. The number of aliphatic hydroxyl groups excluding tert-OH is 1. The van der Waals surface area contributed by atoms with E-state index in [9.17, 15) is 9.90 Å². The van der Waals surface area contributed by atoms with Crippen LogP contribution < -0.4 is 5.32 Å². The van der Waals surface area contributed by atoms with Crippen LogP contribution in [0.1, 0.15) is 20.3 Å². The Kier molecular flexibility index (Phi) is 11.9. The third-order valence-corrected chi connectivity index (χ3v) is 3.26. The molecule has 0 aromatic heterocycles. The van der Waals surface area contributed by atoms with Crippen LogP contribution >= 0.6 is 24.8 Å². The highest BCUT2D eigenvalue weighted by Crippen LogP contribution is 2.13. The van der Waals surface area contributed by atoms with Crippen LogP contribution in [-0.2, 0) is 4.79 Å². The first kappa shape index (κ1) is 21.2. The Morgan fingerprint density at radius 3 is 2.53 bits per heavy atom. The van der Waals surface area contributed by atoms with Crippen LogP contribution in [0.3, 0.4) is 0 Å². The molecule has 1 aliphatic heterocycles. The largest absolute Gasteiger partial charge is 0.392 e. The lowest BCUT2D eigenvalue weighted by Crippen LogP contribution is -2.56. The fraction of sp³-hybridized carbons (Fsp3) is 0.917. The number of nitrogens with one attached hydrogen (secondary N) is 1. The summed E-state index contributed by atoms with van der Waals surface area (Å²) in [5, 5.41) is 12.3. The molecule has 1 rings (SSSR count). The van der Waals surface area contributed by atoms with Gasteiger partial charge in [-0.15, -0.1) is 24.8 Å². The molecule has 0 aromatic rings. The maximum Gasteiger partial charge on any atom is 0.236 e. The Labute approximate surface area is 128 Å². The minimum atomic E-state index is -0.302. The highest BCUT2D eigenvalue weighted by Gasteiger charge is 2.28. The molecule has 1 fully saturated rings. The van der Waals surface area contributed by atoms with Gasteiger partial charge in [0, 0.05) is 32.2 Å². The van der Waals surface area contributed by atoms with Crippen molar-refractivity contribution in [2.45, 2.75) is 32.4 Å². The SMILES string of the molecule is CCC1CN(C(=O)CNC)CCN1CC(C)O.Cl.Cl. The summed E-state index contributed by atoms with van der Waals surface area (Å²) < 4.78 is 0. The lowest BCUT2D eigenvalue weighted by Gasteiger charge is -2.41. The number of likely N-dealkylation sites (N-methyl/N-ethyl adjacent to an activating group) is 1. The third-order valence-electron chi connectivity index (χ3n) is 3.26. The fourth-order valence-corrected chi connectivity index (χ4v) is 2.35. The molecule has 0 radical (unpaired) electrons. The van der Waals surface area contributed by atoms with Gasteiger partial charge in [0.15, 0.2) is 0 Å². The fourth-order valence-electron chi connectivity index (χ4n) is 2.35. The number of β-amino-alcohol motifs (C(OH)–C–C–N with tert-alkyl or cyclic N) is 1. The molecule has 19 heavy (non-hydrogen) atoms. The molecule has 0 spiro atoms. The number of aliphatic hydroxyl groups is 1. The second-order valence-corrected chi connectivity index (χ2v) is 4.78. The maximum atomic E-state index is 11.8. The summed E-state index contributed by atoms with van der Waals surface area (Å²) in [5.74, 6) is 0.169. The topological polar surface area (TPSA) is 55.8 Å². The minimum Gasteiger partial charge on any atom is -0.392 e. The van der Waals surface area contributed by atoms with E-state index in [4.69, 9.17) is 0 Å². The van der Waals surface area contributed by atoms with Crippen molar-refractivity contribution >= 4 is 30.7 Å². The lowest BCUT2D eigenvalue weighted by atomic mass is 10.1. The molecule has 2 atom stereocenters. The van der Waals surface area contributed by atoms with E-state index in [1.54, 1.807) is 7.05 Å². The van der Waals surface area contributed by atoms with Crippen molar-refractivity contribution in [3.8, 4) is 0 Å². The highest BCUT2D eigenvalue weighted by atomic mass is 35.5. The second kappa shape index (κ2) is 10.7. The molecule has 0 bridgehead atoms. The molecule has 0 saturated carbocycles. The van der Waals surface area contributed by atoms with E-state index in [0.29, 0.717) is 19.1 Å². The van der Waals surface area contributed by atoms with E-state index in [2.05, 4.69) is 17.1 Å². The predicted octanol–water partition coefficient (Wildman–Crippen LogP) is 0.353. The van der Waals surface area contributed by atoms with E-state index in [0.717, 1.165) is 26.1 Å². The first-order chi connectivity index (χ1) is 8.08. The van der Waals surface area contributed by atoms with E-state index in [1.165, 1.54) is 0 Å². The van der Waals surface area contributed by atoms with E-state index < -0.39 is 0 Å². The molecule has 2 unspecified atom stereocenters. The highest BCUT2D eigenvalue weighted by molar-refractivity contribution is 5.85. The number of carbonyl (C=O) groups is 1. The number of rotatable bonds is 5. The van der Waals surface area contributed by atoms with Crippen LogP contribution in [0.5, 0.6) is 0 Å². The van der Waals surface area contributed by atoms with Gasteiger partial charge >= 0.3 is 0 Å². The first-order valence-corrected chi connectivity index (χ1v) is 6.43. The van der Waals surface area contributed by atoms with Crippen LogP contribution in [0.2, 0.25) is 0 Å².